The summed E-state index contributed by atoms with van der Waals surface area (Å²) in [6, 6.07) is 7.61. The number of nitro groups is 1. The van der Waals surface area contributed by atoms with Crippen LogP contribution < -0.4 is 10.6 Å². The van der Waals surface area contributed by atoms with Crippen molar-refractivity contribution in [3.8, 4) is 11.8 Å². The zero-order valence-corrected chi connectivity index (χ0v) is 17.2. The first-order valence-corrected chi connectivity index (χ1v) is 9.67. The van der Waals surface area contributed by atoms with Crippen LogP contribution in [0.15, 0.2) is 36.7 Å². The molecule has 2 N–H and O–H groups in total. The topological polar surface area (TPSA) is 107 Å². The van der Waals surface area contributed by atoms with E-state index in [1.807, 2.05) is 0 Å². The van der Waals surface area contributed by atoms with Crippen molar-refractivity contribution >= 4 is 39.7 Å². The van der Waals surface area contributed by atoms with E-state index in [0.717, 1.165) is 0 Å². The zero-order valence-electron chi connectivity index (χ0n) is 16.4. The molecule has 1 aromatic heterocycles. The fourth-order valence-electron chi connectivity index (χ4n) is 3.59. The molecule has 4 rings (SSSR count). The summed E-state index contributed by atoms with van der Waals surface area (Å²) in [4.78, 5) is 20.8. The van der Waals surface area contributed by atoms with Gasteiger partial charge in [-0.2, -0.15) is 0 Å². The van der Waals surface area contributed by atoms with E-state index in [9.17, 15) is 14.5 Å². The maximum absolute atomic E-state index is 14.4. The predicted molar refractivity (Wildman–Crippen MR) is 115 cm³/mol. The second kappa shape index (κ2) is 7.98. The first-order valence-electron chi connectivity index (χ1n) is 9.29. The maximum atomic E-state index is 14.4. The van der Waals surface area contributed by atoms with Gasteiger partial charge in [0.25, 0.3) is 5.69 Å². The van der Waals surface area contributed by atoms with Gasteiger partial charge in [-0.25, -0.2) is 14.4 Å². The largest absolute Gasteiger partial charge is 0.383 e. The Morgan fingerprint density at radius 2 is 2.19 bits per heavy atom. The van der Waals surface area contributed by atoms with Gasteiger partial charge >= 0.3 is 0 Å². The number of nitrogens with two attached hydrogens (primary N) is 1. The van der Waals surface area contributed by atoms with Gasteiger partial charge in [0.15, 0.2) is 5.82 Å². The third-order valence-electron chi connectivity index (χ3n) is 5.30. The summed E-state index contributed by atoms with van der Waals surface area (Å²) in [5.74, 6) is 5.54. The van der Waals surface area contributed by atoms with Gasteiger partial charge in [-0.15, -0.1) is 0 Å². The third kappa shape index (κ3) is 3.83. The summed E-state index contributed by atoms with van der Waals surface area (Å²) in [6.07, 6.45) is 1.77. The van der Waals surface area contributed by atoms with E-state index in [1.54, 1.807) is 17.0 Å². The molecule has 0 spiro atoms. The van der Waals surface area contributed by atoms with Gasteiger partial charge in [0.05, 0.1) is 27.7 Å². The number of fused-ring (bicyclic) bond motifs is 1. The second-order valence-corrected chi connectivity index (χ2v) is 7.50. The lowest BCUT2D eigenvalue weighted by atomic mass is 10.0. The molecule has 0 radical (unpaired) electrons. The molecule has 1 fully saturated rings. The highest BCUT2D eigenvalue weighted by Gasteiger charge is 2.38. The minimum atomic E-state index is -0.928. The van der Waals surface area contributed by atoms with Crippen LogP contribution in [0.25, 0.3) is 10.9 Å². The van der Waals surface area contributed by atoms with E-state index in [4.69, 9.17) is 22.1 Å². The summed E-state index contributed by atoms with van der Waals surface area (Å²) in [6.45, 7) is 0.771. The van der Waals surface area contributed by atoms with Gasteiger partial charge < -0.3 is 15.4 Å². The molecule has 2 heterocycles. The van der Waals surface area contributed by atoms with Crippen LogP contribution in [0.2, 0.25) is 5.02 Å². The number of benzene rings is 2. The molecule has 3 aromatic rings. The first kappa shape index (κ1) is 20.8. The van der Waals surface area contributed by atoms with E-state index >= 15 is 0 Å². The highest BCUT2D eigenvalue weighted by molar-refractivity contribution is 6.31. The van der Waals surface area contributed by atoms with Gasteiger partial charge in [0.2, 0.25) is 0 Å². The molecular formula is C21H17ClFN5O3. The number of nitrogens with zero attached hydrogens (tertiary/aromatic N) is 4. The number of anilines is 2. The minimum absolute atomic E-state index is 0.0338. The summed E-state index contributed by atoms with van der Waals surface area (Å²) in [7, 11) is 1.51. The Balaban J connectivity index is 1.71. The van der Waals surface area contributed by atoms with Crippen molar-refractivity contribution in [3.63, 3.8) is 0 Å². The van der Waals surface area contributed by atoms with Crippen molar-refractivity contribution in [2.45, 2.75) is 12.0 Å². The van der Waals surface area contributed by atoms with Gasteiger partial charge in [0.1, 0.15) is 23.3 Å². The van der Waals surface area contributed by atoms with Gasteiger partial charge in [-0.1, -0.05) is 29.5 Å². The van der Waals surface area contributed by atoms with Crippen LogP contribution in [0.4, 0.5) is 21.6 Å². The van der Waals surface area contributed by atoms with E-state index in [0.29, 0.717) is 29.6 Å². The highest BCUT2D eigenvalue weighted by Crippen LogP contribution is 2.33. The molecule has 1 unspecified atom stereocenters. The first-order chi connectivity index (χ1) is 14.8. The SMILES string of the molecule is COC1(C#Cc2cc3ncnc(N)c3cc2[N+](=O)[O-])CCN(c2cccc(Cl)c2F)C1. The predicted octanol–water partition coefficient (Wildman–Crippen LogP) is 3.56. The molecule has 1 aliphatic rings. The van der Waals surface area contributed by atoms with E-state index in [2.05, 4.69) is 21.8 Å². The van der Waals surface area contributed by atoms with Crippen LogP contribution in [0.1, 0.15) is 12.0 Å². The number of aromatic nitrogens is 2. The monoisotopic (exact) mass is 441 g/mol. The number of nitrogen functional groups attached to an aromatic ring is 1. The second-order valence-electron chi connectivity index (χ2n) is 7.10. The normalized spacial score (nSPS) is 18.1. The average molecular weight is 442 g/mol. The molecular weight excluding hydrogens is 425 g/mol. The fraction of sp³-hybridized carbons (Fsp3) is 0.238. The molecule has 0 amide bonds. The number of methoxy groups -OCH3 is 1. The lowest BCUT2D eigenvalue weighted by Crippen LogP contribution is -2.34. The number of hydrogen-bond acceptors (Lipinski definition) is 7. The maximum Gasteiger partial charge on any atom is 0.285 e. The lowest BCUT2D eigenvalue weighted by molar-refractivity contribution is -0.385. The van der Waals surface area contributed by atoms with E-state index < -0.39 is 16.3 Å². The number of rotatable bonds is 3. The standard InChI is InChI=1S/C21H17ClFN5O3/c1-31-21(7-8-27(11-21)17-4-2-3-15(22)19(17)23)6-5-13-9-16-14(10-18(13)28(29)30)20(24)26-12-25-16/h2-4,9-10,12H,7-8,11H2,1H3,(H2,24,25,26). The summed E-state index contributed by atoms with van der Waals surface area (Å²) >= 11 is 5.90. The molecule has 1 saturated heterocycles. The van der Waals surface area contributed by atoms with Crippen LogP contribution in [-0.2, 0) is 4.74 Å². The minimum Gasteiger partial charge on any atom is -0.383 e. The van der Waals surface area contributed by atoms with Crippen molar-refractivity contribution in [1.82, 2.24) is 9.97 Å². The average Bonchev–Trinajstić information content (AvgIpc) is 3.18. The quantitative estimate of drug-likeness (QED) is 0.376. The molecule has 2 aromatic carbocycles. The van der Waals surface area contributed by atoms with Gasteiger partial charge in [0, 0.05) is 31.5 Å². The Morgan fingerprint density at radius 1 is 1.39 bits per heavy atom. The highest BCUT2D eigenvalue weighted by atomic mass is 35.5. The summed E-state index contributed by atoms with van der Waals surface area (Å²) < 4.78 is 20.1. The molecule has 1 aliphatic heterocycles. The number of halogens is 2. The number of nitro benzene ring substituents is 1. The molecule has 10 heteroatoms. The van der Waals surface area contributed by atoms with Crippen LogP contribution >= 0.6 is 11.6 Å². The number of ether oxygens (including phenoxy) is 1. The van der Waals surface area contributed by atoms with Gasteiger partial charge in [-0.3, -0.25) is 10.1 Å². The summed E-state index contributed by atoms with van der Waals surface area (Å²) in [5, 5.41) is 12.0. The zero-order chi connectivity index (χ0) is 22.2. The lowest BCUT2D eigenvalue weighted by Gasteiger charge is -2.24. The van der Waals surface area contributed by atoms with Crippen molar-refractivity contribution in [2.75, 3.05) is 30.8 Å². The van der Waals surface area contributed by atoms with Crippen LogP contribution in [0, 0.1) is 27.8 Å². The summed E-state index contributed by atoms with van der Waals surface area (Å²) in [5.41, 5.74) is 5.66. The Hall–Kier alpha value is -3.48. The van der Waals surface area contributed by atoms with Crippen molar-refractivity contribution in [3.05, 3.63) is 63.2 Å². The van der Waals surface area contributed by atoms with Crippen LogP contribution in [0.3, 0.4) is 0 Å². The molecule has 1 atom stereocenters. The van der Waals surface area contributed by atoms with Crippen molar-refractivity contribution in [2.24, 2.45) is 0 Å². The fourth-order valence-corrected chi connectivity index (χ4v) is 3.76. The smallest absolute Gasteiger partial charge is 0.285 e. The van der Waals surface area contributed by atoms with Crippen molar-refractivity contribution in [1.29, 1.82) is 0 Å². The third-order valence-corrected chi connectivity index (χ3v) is 5.59. The van der Waals surface area contributed by atoms with Crippen LogP contribution in [0.5, 0.6) is 0 Å². The molecule has 0 aliphatic carbocycles. The molecule has 0 bridgehead atoms. The van der Waals surface area contributed by atoms with E-state index in [-0.39, 0.29) is 28.6 Å². The Kier molecular flexibility index (Phi) is 5.35. The molecule has 158 valence electrons. The molecule has 8 nitrogen and oxygen atoms in total. The van der Waals surface area contributed by atoms with Crippen molar-refractivity contribution < 1.29 is 14.1 Å². The Labute approximate surface area is 181 Å². The van der Waals surface area contributed by atoms with Gasteiger partial charge in [-0.05, 0) is 18.2 Å². The molecule has 0 saturated carbocycles. The van der Waals surface area contributed by atoms with E-state index in [1.165, 1.54) is 31.6 Å². The Bertz CT molecular complexity index is 1260. The molecule has 31 heavy (non-hydrogen) atoms. The number of hydrogen-bond donors (Lipinski definition) is 1. The Morgan fingerprint density at radius 3 is 2.94 bits per heavy atom. The van der Waals surface area contributed by atoms with Crippen LogP contribution in [-0.4, -0.2) is 40.7 Å².